The lowest BCUT2D eigenvalue weighted by atomic mass is 9.92. The van der Waals surface area contributed by atoms with Gasteiger partial charge in [-0.05, 0) is 37.7 Å². The van der Waals surface area contributed by atoms with Gasteiger partial charge in [-0.15, -0.1) is 0 Å². The van der Waals surface area contributed by atoms with Gasteiger partial charge in [0.2, 0.25) is 0 Å². The standard InChI is InChI=1S/C26H22ClN5O3/c1-32-10-9-26(14-32)25(34)30-20-13-29-24-21(22(20)31-26)18(12-28-24)23(33)17-8-7-16(11-19(17)27)35-15-5-3-2-4-6-15/h2-8,11-13,31H,9-10,14H2,1H3,(H,28,29)(H,30,34). The van der Waals surface area contributed by atoms with Crippen LogP contribution < -0.4 is 15.4 Å². The topological polar surface area (TPSA) is 99.3 Å². The van der Waals surface area contributed by atoms with Crippen molar-refractivity contribution in [2.75, 3.05) is 30.8 Å². The summed E-state index contributed by atoms with van der Waals surface area (Å²) in [6.07, 6.45) is 3.90. The SMILES string of the molecule is CN1CCC2(C1)Nc1c(cnc3[nH]cc(C(=O)c4ccc(Oc5ccccc5)cc4Cl)c13)NC2=O. The van der Waals surface area contributed by atoms with Crippen molar-refractivity contribution in [3.05, 3.63) is 77.1 Å². The maximum Gasteiger partial charge on any atom is 0.251 e. The summed E-state index contributed by atoms with van der Waals surface area (Å²) in [4.78, 5) is 36.2. The van der Waals surface area contributed by atoms with E-state index in [4.69, 9.17) is 16.3 Å². The third-order valence-corrected chi connectivity index (χ3v) is 6.93. The van der Waals surface area contributed by atoms with Crippen LogP contribution in [0.4, 0.5) is 11.4 Å². The second-order valence-electron chi connectivity index (χ2n) is 9.01. The predicted molar refractivity (Wildman–Crippen MR) is 135 cm³/mol. The van der Waals surface area contributed by atoms with Crippen LogP contribution >= 0.6 is 11.6 Å². The number of ether oxygens (including phenoxy) is 1. The number of likely N-dealkylation sites (tertiary alicyclic amines) is 1. The van der Waals surface area contributed by atoms with Crippen molar-refractivity contribution in [1.29, 1.82) is 0 Å². The number of H-pyrrole nitrogens is 1. The van der Waals surface area contributed by atoms with E-state index >= 15 is 0 Å². The van der Waals surface area contributed by atoms with Crippen LogP contribution in [-0.4, -0.2) is 52.2 Å². The van der Waals surface area contributed by atoms with Crippen molar-refractivity contribution in [2.24, 2.45) is 0 Å². The molecule has 176 valence electrons. The Morgan fingerprint density at radius 1 is 1.14 bits per heavy atom. The van der Waals surface area contributed by atoms with Gasteiger partial charge in [-0.2, -0.15) is 0 Å². The number of aromatic amines is 1. The zero-order chi connectivity index (χ0) is 24.2. The molecule has 1 amide bonds. The maximum atomic E-state index is 13.6. The van der Waals surface area contributed by atoms with Crippen molar-refractivity contribution in [2.45, 2.75) is 12.0 Å². The van der Waals surface area contributed by atoms with Crippen molar-refractivity contribution in [3.63, 3.8) is 0 Å². The van der Waals surface area contributed by atoms with Gasteiger partial charge in [-0.25, -0.2) is 4.98 Å². The summed E-state index contributed by atoms with van der Waals surface area (Å²) in [6.45, 7) is 1.38. The summed E-state index contributed by atoms with van der Waals surface area (Å²) in [5.41, 5.74) is 1.82. The molecule has 35 heavy (non-hydrogen) atoms. The highest BCUT2D eigenvalue weighted by molar-refractivity contribution is 6.36. The molecule has 8 nitrogen and oxygen atoms in total. The van der Waals surface area contributed by atoms with Crippen molar-refractivity contribution >= 4 is 45.7 Å². The molecule has 2 aliphatic rings. The monoisotopic (exact) mass is 487 g/mol. The van der Waals surface area contributed by atoms with Crippen LogP contribution in [-0.2, 0) is 4.79 Å². The lowest BCUT2D eigenvalue weighted by molar-refractivity contribution is -0.120. The molecule has 0 radical (unpaired) electrons. The summed E-state index contributed by atoms with van der Waals surface area (Å²) in [5.74, 6) is 0.874. The first-order valence-electron chi connectivity index (χ1n) is 11.3. The Kier molecular flexibility index (Phi) is 5.01. The van der Waals surface area contributed by atoms with Gasteiger partial charge in [0, 0.05) is 30.9 Å². The molecule has 2 aromatic heterocycles. The highest BCUT2D eigenvalue weighted by atomic mass is 35.5. The molecule has 4 aromatic rings. The molecule has 6 rings (SSSR count). The van der Waals surface area contributed by atoms with Gasteiger partial charge in [0.05, 0.1) is 33.5 Å². The molecule has 0 aliphatic carbocycles. The zero-order valence-electron chi connectivity index (χ0n) is 18.9. The number of anilines is 2. The van der Waals surface area contributed by atoms with Gasteiger partial charge >= 0.3 is 0 Å². The number of ketones is 1. The molecule has 2 aromatic carbocycles. The fraction of sp³-hybridized carbons (Fsp3) is 0.192. The lowest BCUT2D eigenvalue weighted by Crippen LogP contribution is -2.54. The Bertz CT molecular complexity index is 1490. The lowest BCUT2D eigenvalue weighted by Gasteiger charge is -2.35. The van der Waals surface area contributed by atoms with E-state index in [1.807, 2.05) is 37.4 Å². The van der Waals surface area contributed by atoms with Crippen LogP contribution in [0.2, 0.25) is 5.02 Å². The van der Waals surface area contributed by atoms with E-state index in [1.165, 1.54) is 0 Å². The van der Waals surface area contributed by atoms with Crippen LogP contribution in [0.3, 0.4) is 0 Å². The Morgan fingerprint density at radius 2 is 1.97 bits per heavy atom. The number of carbonyl (C=O) groups excluding carboxylic acids is 2. The Hall–Kier alpha value is -3.88. The number of para-hydroxylation sites is 1. The number of nitrogens with zero attached hydrogens (tertiary/aromatic N) is 2. The number of fused-ring (bicyclic) bond motifs is 3. The van der Waals surface area contributed by atoms with Gasteiger partial charge in [-0.1, -0.05) is 29.8 Å². The molecule has 0 bridgehead atoms. The molecule has 0 saturated carbocycles. The molecule has 3 N–H and O–H groups in total. The molecular weight excluding hydrogens is 466 g/mol. The number of halogens is 1. The minimum absolute atomic E-state index is 0.0871. The van der Waals surface area contributed by atoms with E-state index in [0.717, 1.165) is 6.54 Å². The number of amides is 1. The molecule has 1 unspecified atom stereocenters. The molecule has 4 heterocycles. The fourth-order valence-electron chi connectivity index (χ4n) is 4.84. The van der Waals surface area contributed by atoms with Crippen molar-refractivity contribution in [1.82, 2.24) is 14.9 Å². The number of benzene rings is 2. The molecule has 2 aliphatic heterocycles. The molecule has 1 atom stereocenters. The van der Waals surface area contributed by atoms with E-state index in [1.54, 1.807) is 30.6 Å². The normalized spacial score (nSPS) is 19.4. The average molecular weight is 488 g/mol. The third-order valence-electron chi connectivity index (χ3n) is 6.62. The highest BCUT2D eigenvalue weighted by Gasteiger charge is 2.47. The summed E-state index contributed by atoms with van der Waals surface area (Å²) in [5, 5.41) is 7.36. The van der Waals surface area contributed by atoms with E-state index in [2.05, 4.69) is 25.5 Å². The highest BCUT2D eigenvalue weighted by Crippen LogP contribution is 2.41. The summed E-state index contributed by atoms with van der Waals surface area (Å²) in [7, 11) is 1.99. The smallest absolute Gasteiger partial charge is 0.251 e. The fourth-order valence-corrected chi connectivity index (χ4v) is 5.09. The van der Waals surface area contributed by atoms with Crippen LogP contribution in [0.15, 0.2) is 60.9 Å². The van der Waals surface area contributed by atoms with Gasteiger partial charge < -0.3 is 25.3 Å². The number of carbonyl (C=O) groups is 2. The second kappa shape index (κ2) is 8.11. The summed E-state index contributed by atoms with van der Waals surface area (Å²) in [6, 6.07) is 14.4. The van der Waals surface area contributed by atoms with Gasteiger partial charge in [0.25, 0.3) is 5.91 Å². The molecule has 1 spiro atoms. The first kappa shape index (κ1) is 21.6. The quantitative estimate of drug-likeness (QED) is 0.361. The Labute approximate surface area is 206 Å². The van der Waals surface area contributed by atoms with Crippen molar-refractivity contribution in [3.8, 4) is 11.5 Å². The van der Waals surface area contributed by atoms with Crippen LogP contribution in [0.5, 0.6) is 11.5 Å². The van der Waals surface area contributed by atoms with Crippen LogP contribution in [0, 0.1) is 0 Å². The number of hydrogen-bond acceptors (Lipinski definition) is 6. The number of nitrogens with one attached hydrogen (secondary N) is 3. The Morgan fingerprint density at radius 3 is 2.71 bits per heavy atom. The molecule has 9 heteroatoms. The molecular formula is C26H22ClN5O3. The predicted octanol–water partition coefficient (Wildman–Crippen LogP) is 4.68. The van der Waals surface area contributed by atoms with Crippen LogP contribution in [0.1, 0.15) is 22.3 Å². The number of pyridine rings is 1. The minimum atomic E-state index is -0.748. The Balaban J connectivity index is 1.37. The van der Waals surface area contributed by atoms with Gasteiger partial charge in [0.15, 0.2) is 5.78 Å². The summed E-state index contributed by atoms with van der Waals surface area (Å²) >= 11 is 6.53. The van der Waals surface area contributed by atoms with E-state index in [9.17, 15) is 9.59 Å². The van der Waals surface area contributed by atoms with E-state index < -0.39 is 5.54 Å². The number of aromatic nitrogens is 2. The van der Waals surface area contributed by atoms with Gasteiger partial charge in [0.1, 0.15) is 22.7 Å². The first-order valence-corrected chi connectivity index (χ1v) is 11.7. The maximum absolute atomic E-state index is 13.6. The zero-order valence-corrected chi connectivity index (χ0v) is 19.6. The summed E-state index contributed by atoms with van der Waals surface area (Å²) < 4.78 is 5.84. The van der Waals surface area contributed by atoms with E-state index in [0.29, 0.717) is 58.0 Å². The largest absolute Gasteiger partial charge is 0.457 e. The first-order chi connectivity index (χ1) is 16.9. The van der Waals surface area contributed by atoms with E-state index in [-0.39, 0.29) is 16.7 Å². The van der Waals surface area contributed by atoms with Gasteiger partial charge in [-0.3, -0.25) is 9.59 Å². The number of hydrogen-bond donors (Lipinski definition) is 3. The third kappa shape index (κ3) is 3.62. The molecule has 1 saturated heterocycles. The van der Waals surface area contributed by atoms with Crippen LogP contribution in [0.25, 0.3) is 11.0 Å². The average Bonchev–Trinajstić information content (AvgIpc) is 3.45. The minimum Gasteiger partial charge on any atom is -0.457 e. The number of rotatable bonds is 4. The second-order valence-corrected chi connectivity index (χ2v) is 9.41. The van der Waals surface area contributed by atoms with Crippen molar-refractivity contribution < 1.29 is 14.3 Å². The molecule has 1 fully saturated rings. The number of likely N-dealkylation sites (N-methyl/N-ethyl adjacent to an activating group) is 1.